The van der Waals surface area contributed by atoms with Crippen molar-refractivity contribution in [2.75, 3.05) is 20.3 Å². The van der Waals surface area contributed by atoms with Crippen LogP contribution in [0, 0.1) is 11.8 Å². The maximum absolute atomic E-state index is 13.0. The highest BCUT2D eigenvalue weighted by atomic mass is 31.0. The van der Waals surface area contributed by atoms with E-state index in [2.05, 4.69) is 31.3 Å². The number of oxazole rings is 1. The van der Waals surface area contributed by atoms with Crippen LogP contribution in [0.15, 0.2) is 57.8 Å². The molecule has 3 rings (SSSR count). The van der Waals surface area contributed by atoms with Crippen molar-refractivity contribution in [1.29, 1.82) is 0 Å². The molecule has 1 aromatic heterocycles. The van der Waals surface area contributed by atoms with E-state index in [1.54, 1.807) is 6.07 Å². The van der Waals surface area contributed by atoms with Gasteiger partial charge in [-0.3, -0.25) is 0 Å². The summed E-state index contributed by atoms with van der Waals surface area (Å²) in [5.41, 5.74) is 3.99. The zero-order chi connectivity index (χ0) is 29.0. The van der Waals surface area contributed by atoms with Crippen molar-refractivity contribution < 1.29 is 27.4 Å². The molecule has 0 amide bonds. The number of ether oxygens (including phenoxy) is 1. The maximum Gasteiger partial charge on any atom is 0.417 e. The molecular weight excluding hydrogens is 518 g/mol. The maximum atomic E-state index is 13.0. The molecule has 0 aliphatic heterocycles. The Hall–Kier alpha value is -3.23. The fourth-order valence-electron chi connectivity index (χ4n) is 3.23. The summed E-state index contributed by atoms with van der Waals surface area (Å²) in [4.78, 5) is 14.7. The van der Waals surface area contributed by atoms with Crippen LogP contribution in [0.3, 0.4) is 0 Å². The first-order valence-corrected chi connectivity index (χ1v) is 12.4. The second-order valence-electron chi connectivity index (χ2n) is 7.97. The fraction of sp³-hybridized carbons (Fsp3) is 0.370. The number of nitrogens with zero attached hydrogens (tertiary/aromatic N) is 2. The van der Waals surface area contributed by atoms with Gasteiger partial charge >= 0.3 is 6.18 Å². The van der Waals surface area contributed by atoms with Gasteiger partial charge in [0.25, 0.3) is 0 Å². The zero-order valence-electron chi connectivity index (χ0n) is 22.5. The molecule has 2 N–H and O–H groups in total. The summed E-state index contributed by atoms with van der Waals surface area (Å²) in [5, 5.41) is 13.0. The van der Waals surface area contributed by atoms with E-state index in [1.165, 1.54) is 12.1 Å². The molecule has 0 aliphatic rings. The quantitative estimate of drug-likeness (QED) is 0.231. The number of nitroso groups, excluding NO2 is 1. The summed E-state index contributed by atoms with van der Waals surface area (Å²) in [7, 11) is 3.12. The number of halogens is 3. The average molecular weight is 554 g/mol. The van der Waals surface area contributed by atoms with Crippen molar-refractivity contribution >= 4 is 31.3 Å². The molecule has 0 radical (unpaired) electrons. The molecule has 0 bridgehead atoms. The molecule has 11 heteroatoms. The van der Waals surface area contributed by atoms with Crippen molar-refractivity contribution in [3.63, 3.8) is 0 Å². The first-order valence-electron chi connectivity index (χ1n) is 11.9. The normalized spacial score (nSPS) is 10.5. The van der Waals surface area contributed by atoms with Gasteiger partial charge in [0.1, 0.15) is 17.9 Å². The van der Waals surface area contributed by atoms with Gasteiger partial charge in [0, 0.05) is 25.3 Å². The monoisotopic (exact) mass is 553 g/mol. The summed E-state index contributed by atoms with van der Waals surface area (Å²) < 4.78 is 50.8. The Morgan fingerprint density at radius 3 is 2.42 bits per heavy atom. The molecule has 208 valence electrons. The van der Waals surface area contributed by atoms with Crippen molar-refractivity contribution in [3.8, 4) is 5.75 Å². The molecule has 38 heavy (non-hydrogen) atoms. The van der Waals surface area contributed by atoms with Gasteiger partial charge < -0.3 is 19.6 Å². The Labute approximate surface area is 223 Å². The minimum atomic E-state index is -4.42. The molecule has 1 heterocycles. The second-order valence-corrected chi connectivity index (χ2v) is 8.59. The zero-order valence-corrected chi connectivity index (χ0v) is 23.6. The van der Waals surface area contributed by atoms with E-state index < -0.39 is 11.7 Å². The van der Waals surface area contributed by atoms with E-state index in [0.29, 0.717) is 40.4 Å². The van der Waals surface area contributed by atoms with E-state index in [9.17, 15) is 18.1 Å². The molecule has 1 unspecified atom stereocenters. The lowest BCUT2D eigenvalue weighted by Crippen LogP contribution is -2.20. The van der Waals surface area contributed by atoms with Crippen LogP contribution in [-0.2, 0) is 12.6 Å². The summed E-state index contributed by atoms with van der Waals surface area (Å²) in [5.74, 6) is 1.04. The smallest absolute Gasteiger partial charge is 0.417 e. The standard InChI is InChI=1S/C24H25F3N3O3P.C2H6.CH4O/c1-13(2)19(29-15(4)16-5-6-17(22(34)10-16)24(25,26)27)12-32-20-11-18-21(9-14(20)3)33-23(30-18)7-8-28-31;2*1-2/h5-6,9-11,29H,4,7-8,12,34H2,1-3H3;1-2H3;2H,1H3. The third kappa shape index (κ3) is 8.96. The van der Waals surface area contributed by atoms with Gasteiger partial charge in [-0.2, -0.15) is 18.1 Å². The minimum Gasteiger partial charge on any atom is -0.487 e. The largest absolute Gasteiger partial charge is 0.487 e. The molecule has 0 spiro atoms. The molecule has 0 saturated carbocycles. The molecule has 0 fully saturated rings. The number of aryl methyl sites for hydroxylation is 1. The lowest BCUT2D eigenvalue weighted by molar-refractivity contribution is -0.136. The van der Waals surface area contributed by atoms with Crippen LogP contribution < -0.4 is 15.4 Å². The van der Waals surface area contributed by atoms with Crippen LogP contribution in [-0.4, -0.2) is 30.4 Å². The van der Waals surface area contributed by atoms with Gasteiger partial charge in [-0.1, -0.05) is 37.2 Å². The number of nitrogens with one attached hydrogen (secondary N) is 1. The summed E-state index contributed by atoms with van der Waals surface area (Å²) in [6, 6.07) is 7.42. The van der Waals surface area contributed by atoms with E-state index in [4.69, 9.17) is 14.3 Å². The highest BCUT2D eigenvalue weighted by molar-refractivity contribution is 7.27. The Balaban J connectivity index is 0.00000172. The van der Waals surface area contributed by atoms with Gasteiger partial charge in [-0.15, -0.1) is 9.24 Å². The van der Waals surface area contributed by atoms with Crippen molar-refractivity contribution in [2.45, 2.75) is 47.2 Å². The van der Waals surface area contributed by atoms with Crippen LogP contribution in [0.2, 0.25) is 0 Å². The summed E-state index contributed by atoms with van der Waals surface area (Å²) in [6.07, 6.45) is -4.10. The Morgan fingerprint density at radius 1 is 1.21 bits per heavy atom. The number of alkyl halides is 3. The Kier molecular flexibility index (Phi) is 13.2. The summed E-state index contributed by atoms with van der Waals surface area (Å²) in [6.45, 7) is 13.9. The lowest BCUT2D eigenvalue weighted by atomic mass is 10.1. The SMILES string of the molecule is C=C(NC(COc1cc2nc(CCN=O)oc2cc1C)=C(C)C)c1ccc(C(F)(F)F)c(P)c1.CC.CO. The first-order chi connectivity index (χ1) is 18.0. The molecule has 2 aromatic carbocycles. The third-order valence-electron chi connectivity index (χ3n) is 5.13. The molecule has 0 aliphatic carbocycles. The third-order valence-corrected chi connectivity index (χ3v) is 5.61. The van der Waals surface area contributed by atoms with Crippen molar-refractivity contribution in [1.82, 2.24) is 10.3 Å². The van der Waals surface area contributed by atoms with Gasteiger partial charge in [-0.05, 0) is 55.4 Å². The minimum absolute atomic E-state index is 0.0442. The predicted octanol–water partition coefficient (Wildman–Crippen LogP) is 6.53. The van der Waals surface area contributed by atoms with E-state index in [-0.39, 0.29) is 18.5 Å². The van der Waals surface area contributed by atoms with Gasteiger partial charge in [0.05, 0.1) is 17.8 Å². The Morgan fingerprint density at radius 2 is 1.87 bits per heavy atom. The van der Waals surface area contributed by atoms with E-state index >= 15 is 0 Å². The Bertz CT molecular complexity index is 1270. The van der Waals surface area contributed by atoms with E-state index in [1.807, 2.05) is 40.7 Å². The topological polar surface area (TPSA) is 97.0 Å². The highest BCUT2D eigenvalue weighted by Crippen LogP contribution is 2.30. The van der Waals surface area contributed by atoms with Crippen LogP contribution in [0.4, 0.5) is 13.2 Å². The van der Waals surface area contributed by atoms with Crippen LogP contribution in [0.1, 0.15) is 50.3 Å². The molecule has 3 aromatic rings. The van der Waals surface area contributed by atoms with Crippen molar-refractivity contribution in [2.24, 2.45) is 5.18 Å². The number of aliphatic hydroxyl groups is 1. The van der Waals surface area contributed by atoms with Crippen LogP contribution in [0.25, 0.3) is 16.8 Å². The average Bonchev–Trinajstić information content (AvgIpc) is 3.27. The molecular formula is C27H35F3N3O4P. The lowest BCUT2D eigenvalue weighted by Gasteiger charge is -2.18. The first kappa shape index (κ1) is 32.8. The number of rotatable bonds is 9. The van der Waals surface area contributed by atoms with Crippen LogP contribution in [0.5, 0.6) is 5.75 Å². The van der Waals surface area contributed by atoms with Crippen LogP contribution >= 0.6 is 9.24 Å². The molecule has 7 nitrogen and oxygen atoms in total. The predicted molar refractivity (Wildman–Crippen MR) is 149 cm³/mol. The number of benzene rings is 2. The second kappa shape index (κ2) is 15.2. The number of allylic oxidation sites excluding steroid dienone is 1. The number of aliphatic hydroxyl groups excluding tert-OH is 1. The number of hydrogen-bond acceptors (Lipinski definition) is 7. The highest BCUT2D eigenvalue weighted by Gasteiger charge is 2.32. The van der Waals surface area contributed by atoms with Crippen molar-refractivity contribution in [3.05, 3.63) is 75.7 Å². The fourth-order valence-corrected chi connectivity index (χ4v) is 3.67. The number of hydrogen-bond donors (Lipinski definition) is 2. The number of fused-ring (bicyclic) bond motifs is 1. The number of aromatic nitrogens is 1. The van der Waals surface area contributed by atoms with Gasteiger partial charge in [0.2, 0.25) is 0 Å². The molecule has 0 saturated heterocycles. The summed E-state index contributed by atoms with van der Waals surface area (Å²) >= 11 is 0. The molecule has 1 atom stereocenters. The van der Waals surface area contributed by atoms with Gasteiger partial charge in [0.15, 0.2) is 11.5 Å². The van der Waals surface area contributed by atoms with Gasteiger partial charge in [-0.25, -0.2) is 4.98 Å². The van der Waals surface area contributed by atoms with E-state index in [0.717, 1.165) is 30.0 Å².